The Bertz CT molecular complexity index is 909. The Morgan fingerprint density at radius 3 is 2.75 bits per heavy atom. The molecule has 0 aliphatic rings. The van der Waals surface area contributed by atoms with Gasteiger partial charge in [0.1, 0.15) is 17.9 Å². The highest BCUT2D eigenvalue weighted by molar-refractivity contribution is 5.82. The van der Waals surface area contributed by atoms with Gasteiger partial charge in [0, 0.05) is 11.8 Å². The van der Waals surface area contributed by atoms with E-state index in [0.29, 0.717) is 22.2 Å². The molecule has 24 heavy (non-hydrogen) atoms. The number of hydrazine groups is 1. The minimum absolute atomic E-state index is 0.114. The Morgan fingerprint density at radius 1 is 1.25 bits per heavy atom. The summed E-state index contributed by atoms with van der Waals surface area (Å²) in [6.45, 7) is -0.114. The number of alkyl halides is 2. The first-order valence-electron chi connectivity index (χ1n) is 6.88. The highest BCUT2D eigenvalue weighted by Crippen LogP contribution is 2.29. The summed E-state index contributed by atoms with van der Waals surface area (Å²) in [5.74, 6) is 3.63. The number of hydrogen-bond donors (Lipinski definition) is 2. The van der Waals surface area contributed by atoms with Crippen LogP contribution in [0.3, 0.4) is 0 Å². The zero-order valence-electron chi connectivity index (χ0n) is 12.2. The monoisotopic (exact) mass is 335 g/mol. The largest absolute Gasteiger partial charge is 0.293 e. The molecule has 2 heterocycles. The van der Waals surface area contributed by atoms with Gasteiger partial charge >= 0.3 is 0 Å². The lowest BCUT2D eigenvalue weighted by atomic mass is 10.0. The van der Waals surface area contributed by atoms with Gasteiger partial charge in [-0.3, -0.25) is 19.9 Å². The van der Waals surface area contributed by atoms with Gasteiger partial charge in [-0.15, -0.1) is 0 Å². The molecule has 0 aliphatic heterocycles. The molecule has 124 valence electrons. The average molecular weight is 335 g/mol. The summed E-state index contributed by atoms with van der Waals surface area (Å²) in [6, 6.07) is 5.09. The van der Waals surface area contributed by atoms with Crippen LogP contribution in [-0.4, -0.2) is 20.7 Å². The van der Waals surface area contributed by atoms with Crippen LogP contribution in [0.2, 0.25) is 0 Å². The summed E-state index contributed by atoms with van der Waals surface area (Å²) in [5.41, 5.74) is 3.26. The lowest BCUT2D eigenvalue weighted by Crippen LogP contribution is -2.33. The first-order chi connectivity index (χ1) is 11.5. The molecule has 3 rings (SSSR count). The number of nitrogens with two attached hydrogens (primary N) is 1. The van der Waals surface area contributed by atoms with E-state index in [4.69, 9.17) is 5.84 Å². The summed E-state index contributed by atoms with van der Waals surface area (Å²) in [5, 5.41) is 4.04. The quantitative estimate of drug-likeness (QED) is 0.435. The van der Waals surface area contributed by atoms with E-state index < -0.39 is 23.7 Å². The van der Waals surface area contributed by atoms with Crippen molar-refractivity contribution in [2.24, 2.45) is 5.84 Å². The van der Waals surface area contributed by atoms with E-state index in [2.05, 4.69) is 10.1 Å². The molecule has 2 aromatic heterocycles. The van der Waals surface area contributed by atoms with Gasteiger partial charge in [-0.25, -0.2) is 19.0 Å². The zero-order valence-corrected chi connectivity index (χ0v) is 12.2. The number of carbonyl (C=O) groups is 1. The average Bonchev–Trinajstić information content (AvgIpc) is 2.97. The van der Waals surface area contributed by atoms with Crippen LogP contribution in [0.25, 0.3) is 22.2 Å². The van der Waals surface area contributed by atoms with Gasteiger partial charge in [0.05, 0.1) is 17.3 Å². The first-order valence-corrected chi connectivity index (χ1v) is 6.88. The second-order valence-corrected chi connectivity index (χ2v) is 5.04. The molecular weight excluding hydrogens is 323 g/mol. The highest BCUT2D eigenvalue weighted by Gasteiger charge is 2.15. The molecule has 3 aromatic rings. The number of carbonyl (C=O) groups excluding carboxylic acids is 1. The number of hydrogen-bond acceptors (Lipinski definition) is 4. The fourth-order valence-corrected chi connectivity index (χ4v) is 2.31. The van der Waals surface area contributed by atoms with Crippen LogP contribution in [0, 0.1) is 5.82 Å². The van der Waals surface area contributed by atoms with Crippen molar-refractivity contribution in [1.29, 1.82) is 0 Å². The third kappa shape index (κ3) is 2.93. The van der Waals surface area contributed by atoms with Crippen molar-refractivity contribution in [1.82, 2.24) is 20.2 Å². The standard InChI is InChI=1S/C15H12F3N5O/c16-11-2-1-8(3-10(11)15(17)18)9-4-13-12(20-5-9)6-21-23(13)7-14(24)22-19/h1-6,15H,7,19H2,(H,22,24). The number of amides is 1. The van der Waals surface area contributed by atoms with Crippen molar-refractivity contribution in [2.75, 3.05) is 0 Å². The van der Waals surface area contributed by atoms with Crippen molar-refractivity contribution >= 4 is 16.9 Å². The number of rotatable bonds is 4. The fourth-order valence-electron chi connectivity index (χ4n) is 2.31. The van der Waals surface area contributed by atoms with Crippen LogP contribution < -0.4 is 11.3 Å². The van der Waals surface area contributed by atoms with Crippen molar-refractivity contribution < 1.29 is 18.0 Å². The van der Waals surface area contributed by atoms with Crippen LogP contribution in [0.4, 0.5) is 13.2 Å². The third-order valence-electron chi connectivity index (χ3n) is 3.51. The summed E-state index contributed by atoms with van der Waals surface area (Å²) in [6.07, 6.45) is 0.0262. The topological polar surface area (TPSA) is 85.8 Å². The molecule has 0 unspecified atom stereocenters. The SMILES string of the molecule is NNC(=O)Cn1ncc2ncc(-c3ccc(F)c(C(F)F)c3)cc21. The summed E-state index contributed by atoms with van der Waals surface area (Å²) in [4.78, 5) is 15.6. The fraction of sp³-hybridized carbons (Fsp3) is 0.133. The number of benzene rings is 1. The maximum atomic E-state index is 13.4. The van der Waals surface area contributed by atoms with Crippen LogP contribution in [0.1, 0.15) is 12.0 Å². The predicted molar refractivity (Wildman–Crippen MR) is 80.2 cm³/mol. The zero-order chi connectivity index (χ0) is 17.3. The van der Waals surface area contributed by atoms with Crippen molar-refractivity contribution in [3.63, 3.8) is 0 Å². The van der Waals surface area contributed by atoms with Crippen LogP contribution in [0.15, 0.2) is 36.7 Å². The normalized spacial score (nSPS) is 11.2. The van der Waals surface area contributed by atoms with Gasteiger partial charge in [-0.2, -0.15) is 5.10 Å². The Labute approximate surface area is 134 Å². The molecule has 0 bridgehead atoms. The van der Waals surface area contributed by atoms with E-state index in [1.54, 1.807) is 6.07 Å². The molecule has 3 N–H and O–H groups in total. The maximum absolute atomic E-state index is 13.4. The number of pyridine rings is 1. The number of nitrogens with zero attached hydrogens (tertiary/aromatic N) is 3. The van der Waals surface area contributed by atoms with Gasteiger partial charge in [-0.1, -0.05) is 6.07 Å². The van der Waals surface area contributed by atoms with Crippen molar-refractivity contribution in [2.45, 2.75) is 13.0 Å². The Kier molecular flexibility index (Phi) is 4.17. The Balaban J connectivity index is 2.06. The minimum atomic E-state index is -2.92. The lowest BCUT2D eigenvalue weighted by Gasteiger charge is -2.07. The summed E-state index contributed by atoms with van der Waals surface area (Å²) < 4.78 is 40.5. The molecule has 0 saturated heterocycles. The van der Waals surface area contributed by atoms with E-state index in [-0.39, 0.29) is 6.54 Å². The van der Waals surface area contributed by atoms with Gasteiger partial charge in [0.25, 0.3) is 12.3 Å². The number of fused-ring (bicyclic) bond motifs is 1. The lowest BCUT2D eigenvalue weighted by molar-refractivity contribution is -0.121. The van der Waals surface area contributed by atoms with Crippen LogP contribution in [0.5, 0.6) is 0 Å². The predicted octanol–water partition coefficient (Wildman–Crippen LogP) is 2.16. The smallest absolute Gasteiger partial charge is 0.266 e. The van der Waals surface area contributed by atoms with Crippen LogP contribution in [-0.2, 0) is 11.3 Å². The molecular formula is C15H12F3N5O. The maximum Gasteiger partial charge on any atom is 0.266 e. The van der Waals surface area contributed by atoms with E-state index in [1.807, 2.05) is 5.43 Å². The second kappa shape index (κ2) is 6.28. The first kappa shape index (κ1) is 15.9. The molecule has 0 aliphatic carbocycles. The molecule has 0 atom stereocenters. The Hall–Kier alpha value is -2.94. The molecule has 0 fully saturated rings. The van der Waals surface area contributed by atoms with Gasteiger partial charge in [0.15, 0.2) is 0 Å². The van der Waals surface area contributed by atoms with Gasteiger partial charge in [0.2, 0.25) is 0 Å². The van der Waals surface area contributed by atoms with Crippen molar-refractivity contribution in [3.8, 4) is 11.1 Å². The highest BCUT2D eigenvalue weighted by atomic mass is 19.3. The second-order valence-electron chi connectivity index (χ2n) is 5.04. The van der Waals surface area contributed by atoms with Gasteiger partial charge < -0.3 is 0 Å². The van der Waals surface area contributed by atoms with E-state index >= 15 is 0 Å². The number of nitrogens with one attached hydrogen (secondary N) is 1. The van der Waals surface area contributed by atoms with E-state index in [9.17, 15) is 18.0 Å². The summed E-state index contributed by atoms with van der Waals surface area (Å²) >= 11 is 0. The van der Waals surface area contributed by atoms with E-state index in [0.717, 1.165) is 12.1 Å². The number of halogens is 3. The minimum Gasteiger partial charge on any atom is -0.293 e. The molecule has 0 saturated carbocycles. The molecule has 9 heteroatoms. The molecule has 0 radical (unpaired) electrons. The van der Waals surface area contributed by atoms with Crippen LogP contribution >= 0.6 is 0 Å². The van der Waals surface area contributed by atoms with Gasteiger partial charge in [-0.05, 0) is 23.8 Å². The molecule has 1 amide bonds. The van der Waals surface area contributed by atoms with Crippen molar-refractivity contribution in [3.05, 3.63) is 48.0 Å². The Morgan fingerprint density at radius 2 is 2.04 bits per heavy atom. The van der Waals surface area contributed by atoms with E-state index in [1.165, 1.54) is 23.1 Å². The molecule has 1 aromatic carbocycles. The third-order valence-corrected chi connectivity index (χ3v) is 3.51. The molecule has 0 spiro atoms. The summed E-state index contributed by atoms with van der Waals surface area (Å²) in [7, 11) is 0. The molecule has 6 nitrogen and oxygen atoms in total. The number of aromatic nitrogens is 3.